The first-order valence-electron chi connectivity index (χ1n) is 5.28. The minimum absolute atomic E-state index is 0.183. The van der Waals surface area contributed by atoms with Gasteiger partial charge in [-0.05, 0) is 31.0 Å². The maximum atomic E-state index is 9.10. The second-order valence-corrected chi connectivity index (χ2v) is 3.72. The summed E-state index contributed by atoms with van der Waals surface area (Å²) in [4.78, 5) is 0. The maximum absolute atomic E-state index is 9.10. The van der Waals surface area contributed by atoms with Crippen LogP contribution in [0.4, 0.5) is 0 Å². The molecule has 0 aliphatic heterocycles. The maximum Gasteiger partial charge on any atom is 0.0894 e. The smallest absolute Gasteiger partial charge is 0.0894 e. The summed E-state index contributed by atoms with van der Waals surface area (Å²) in [6, 6.07) is 8.27. The summed E-state index contributed by atoms with van der Waals surface area (Å²) in [5.74, 6) is 0. The Morgan fingerprint density at radius 3 is 2.73 bits per heavy atom. The molecule has 0 amide bonds. The van der Waals surface area contributed by atoms with E-state index in [2.05, 4.69) is 24.4 Å². The van der Waals surface area contributed by atoms with Gasteiger partial charge in [-0.25, -0.2) is 0 Å². The van der Waals surface area contributed by atoms with Crippen molar-refractivity contribution in [2.24, 2.45) is 0 Å². The Morgan fingerprint density at radius 1 is 1.33 bits per heavy atom. The van der Waals surface area contributed by atoms with E-state index in [1.165, 1.54) is 11.1 Å². The number of rotatable bonds is 6. The Morgan fingerprint density at radius 2 is 2.07 bits per heavy atom. The number of aryl methyl sites for hydroxylation is 1. The van der Waals surface area contributed by atoms with E-state index in [-0.39, 0.29) is 6.61 Å². The van der Waals surface area contributed by atoms with E-state index < -0.39 is 6.10 Å². The molecule has 0 saturated heterocycles. The van der Waals surface area contributed by atoms with Gasteiger partial charge < -0.3 is 15.5 Å². The molecule has 0 saturated carbocycles. The standard InChI is InChI=1S/C12H19NO2/c1-10-4-2-3-5-11(10)6-7-13-8-12(15)9-14/h2-5,12-15H,6-9H2,1H3. The van der Waals surface area contributed by atoms with Crippen molar-refractivity contribution in [2.45, 2.75) is 19.4 Å². The van der Waals surface area contributed by atoms with E-state index in [0.717, 1.165) is 13.0 Å². The molecule has 0 radical (unpaired) electrons. The zero-order chi connectivity index (χ0) is 11.1. The van der Waals surface area contributed by atoms with Gasteiger partial charge in [0.15, 0.2) is 0 Å². The summed E-state index contributed by atoms with van der Waals surface area (Å²) >= 11 is 0. The van der Waals surface area contributed by atoms with Crippen LogP contribution in [0, 0.1) is 6.92 Å². The lowest BCUT2D eigenvalue weighted by molar-refractivity contribution is 0.0947. The molecule has 0 aliphatic carbocycles. The van der Waals surface area contributed by atoms with Crippen LogP contribution >= 0.6 is 0 Å². The molecule has 3 heteroatoms. The Bertz CT molecular complexity index is 289. The van der Waals surface area contributed by atoms with Crippen molar-refractivity contribution >= 4 is 0 Å². The van der Waals surface area contributed by atoms with Gasteiger partial charge >= 0.3 is 0 Å². The highest BCUT2D eigenvalue weighted by Crippen LogP contribution is 2.06. The molecule has 1 rings (SSSR count). The van der Waals surface area contributed by atoms with E-state index in [9.17, 15) is 0 Å². The molecule has 0 heterocycles. The largest absolute Gasteiger partial charge is 0.394 e. The average molecular weight is 209 g/mol. The van der Waals surface area contributed by atoms with Crippen LogP contribution in [-0.2, 0) is 6.42 Å². The lowest BCUT2D eigenvalue weighted by Gasteiger charge is -2.09. The summed E-state index contributed by atoms with van der Waals surface area (Å²) in [6.45, 7) is 3.18. The van der Waals surface area contributed by atoms with Crippen molar-refractivity contribution in [3.05, 3.63) is 35.4 Å². The van der Waals surface area contributed by atoms with Crippen molar-refractivity contribution < 1.29 is 10.2 Å². The van der Waals surface area contributed by atoms with Crippen LogP contribution in [0.15, 0.2) is 24.3 Å². The molecule has 15 heavy (non-hydrogen) atoms. The van der Waals surface area contributed by atoms with E-state index in [4.69, 9.17) is 10.2 Å². The fourth-order valence-corrected chi connectivity index (χ4v) is 1.45. The average Bonchev–Trinajstić information content (AvgIpc) is 2.26. The van der Waals surface area contributed by atoms with Crippen LogP contribution in [0.3, 0.4) is 0 Å². The number of hydrogen-bond acceptors (Lipinski definition) is 3. The minimum Gasteiger partial charge on any atom is -0.394 e. The van der Waals surface area contributed by atoms with Gasteiger partial charge in [-0.3, -0.25) is 0 Å². The van der Waals surface area contributed by atoms with Crippen LogP contribution in [0.2, 0.25) is 0 Å². The first kappa shape index (κ1) is 12.2. The molecule has 84 valence electrons. The molecule has 1 aromatic rings. The highest BCUT2D eigenvalue weighted by Gasteiger charge is 2.00. The van der Waals surface area contributed by atoms with E-state index in [1.54, 1.807) is 0 Å². The van der Waals surface area contributed by atoms with Gasteiger partial charge in [0.25, 0.3) is 0 Å². The molecule has 3 nitrogen and oxygen atoms in total. The first-order valence-corrected chi connectivity index (χ1v) is 5.28. The zero-order valence-electron chi connectivity index (χ0n) is 9.11. The van der Waals surface area contributed by atoms with Crippen LogP contribution in [0.25, 0.3) is 0 Å². The summed E-state index contributed by atoms with van der Waals surface area (Å²) in [5, 5.41) is 20.8. The van der Waals surface area contributed by atoms with Gasteiger partial charge in [-0.2, -0.15) is 0 Å². The molecule has 0 aromatic heterocycles. The van der Waals surface area contributed by atoms with Crippen LogP contribution in [0.5, 0.6) is 0 Å². The highest BCUT2D eigenvalue weighted by atomic mass is 16.3. The normalized spacial score (nSPS) is 12.7. The number of aliphatic hydroxyl groups is 2. The van der Waals surface area contributed by atoms with Gasteiger partial charge in [-0.1, -0.05) is 24.3 Å². The summed E-state index contributed by atoms with van der Waals surface area (Å²) in [5.41, 5.74) is 2.62. The van der Waals surface area contributed by atoms with Crippen molar-refractivity contribution in [1.29, 1.82) is 0 Å². The predicted molar refractivity (Wildman–Crippen MR) is 60.8 cm³/mol. The van der Waals surface area contributed by atoms with Gasteiger partial charge in [0.2, 0.25) is 0 Å². The van der Waals surface area contributed by atoms with Crippen molar-refractivity contribution in [1.82, 2.24) is 5.32 Å². The SMILES string of the molecule is Cc1ccccc1CCNCC(O)CO. The predicted octanol–water partition coefficient (Wildman–Crippen LogP) is 0.480. The summed E-state index contributed by atoms with van der Waals surface area (Å²) < 4.78 is 0. The number of hydrogen-bond donors (Lipinski definition) is 3. The summed E-state index contributed by atoms with van der Waals surface area (Å²) in [6.07, 6.45) is 0.298. The third-order valence-corrected chi connectivity index (χ3v) is 2.42. The Hall–Kier alpha value is -0.900. The van der Waals surface area contributed by atoms with Gasteiger partial charge in [0, 0.05) is 6.54 Å². The Balaban J connectivity index is 2.23. The topological polar surface area (TPSA) is 52.5 Å². The van der Waals surface area contributed by atoms with E-state index in [1.807, 2.05) is 12.1 Å². The third-order valence-electron chi connectivity index (χ3n) is 2.42. The van der Waals surface area contributed by atoms with Gasteiger partial charge in [0.05, 0.1) is 12.7 Å². The van der Waals surface area contributed by atoms with Crippen LogP contribution in [-0.4, -0.2) is 36.0 Å². The zero-order valence-corrected chi connectivity index (χ0v) is 9.11. The van der Waals surface area contributed by atoms with E-state index >= 15 is 0 Å². The number of nitrogens with one attached hydrogen (secondary N) is 1. The molecule has 0 fully saturated rings. The first-order chi connectivity index (χ1) is 7.24. The molecule has 1 atom stereocenters. The Labute approximate surface area is 90.8 Å². The molecule has 1 aromatic carbocycles. The fourth-order valence-electron chi connectivity index (χ4n) is 1.45. The fraction of sp³-hybridized carbons (Fsp3) is 0.500. The van der Waals surface area contributed by atoms with Crippen molar-refractivity contribution in [3.8, 4) is 0 Å². The molecule has 0 aliphatic rings. The van der Waals surface area contributed by atoms with Crippen molar-refractivity contribution in [2.75, 3.05) is 19.7 Å². The molecule has 0 bridgehead atoms. The van der Waals surface area contributed by atoms with E-state index in [0.29, 0.717) is 6.54 Å². The van der Waals surface area contributed by atoms with Crippen molar-refractivity contribution in [3.63, 3.8) is 0 Å². The van der Waals surface area contributed by atoms with Gasteiger partial charge in [0.1, 0.15) is 0 Å². The molecular weight excluding hydrogens is 190 g/mol. The lowest BCUT2D eigenvalue weighted by Crippen LogP contribution is -2.30. The third kappa shape index (κ3) is 4.42. The van der Waals surface area contributed by atoms with Gasteiger partial charge in [-0.15, -0.1) is 0 Å². The minimum atomic E-state index is -0.651. The number of aliphatic hydroxyl groups excluding tert-OH is 2. The molecule has 0 spiro atoms. The molecular formula is C12H19NO2. The molecule has 3 N–H and O–H groups in total. The Kier molecular flexibility index (Phi) is 5.32. The number of benzene rings is 1. The highest BCUT2D eigenvalue weighted by molar-refractivity contribution is 5.25. The summed E-state index contributed by atoms with van der Waals surface area (Å²) in [7, 11) is 0. The molecule has 1 unspecified atom stereocenters. The monoisotopic (exact) mass is 209 g/mol. The lowest BCUT2D eigenvalue weighted by atomic mass is 10.1. The van der Waals surface area contributed by atoms with Crippen LogP contribution in [0.1, 0.15) is 11.1 Å². The quantitative estimate of drug-likeness (QED) is 0.597. The second-order valence-electron chi connectivity index (χ2n) is 3.72. The second kappa shape index (κ2) is 6.56. The van der Waals surface area contributed by atoms with Crippen LogP contribution < -0.4 is 5.32 Å².